The molecular formula is C46H58N6O8S. The SMILES string of the molecule is COc1ccc2c(O[C@@H]3C[C@H]4C(=O)N[C@]5(C(=O)NS(=O)(=O)C6CC6)C[C@H]5C=CCCCCC[C@H](CC(=O)N5CC[C@@H](C(C)(C)N)C5)C(=O)N4C3)cc(-c3ccccc3)nc2c1. The molecule has 4 amide bonds. The zero-order valence-electron chi connectivity index (χ0n) is 35.3. The molecule has 0 bridgehead atoms. The van der Waals surface area contributed by atoms with Crippen molar-refractivity contribution in [3.05, 3.63) is 66.7 Å². The fourth-order valence-corrected chi connectivity index (χ4v) is 10.6. The van der Waals surface area contributed by atoms with Crippen LogP contribution in [0.1, 0.15) is 84.5 Å². The lowest BCUT2D eigenvalue weighted by Crippen LogP contribution is -2.57. The van der Waals surface area contributed by atoms with E-state index in [4.69, 9.17) is 20.2 Å². The number of likely N-dealkylation sites (tertiary alicyclic amines) is 1. The van der Waals surface area contributed by atoms with E-state index in [1.807, 2.05) is 85.5 Å². The van der Waals surface area contributed by atoms with Gasteiger partial charge in [-0.3, -0.25) is 23.9 Å². The third-order valence-electron chi connectivity index (χ3n) is 13.3. The average Bonchev–Trinajstić information content (AvgIpc) is 4.11. The predicted octanol–water partition coefficient (Wildman–Crippen LogP) is 4.85. The molecule has 14 nitrogen and oxygen atoms in total. The van der Waals surface area contributed by atoms with Gasteiger partial charge in [-0.05, 0) is 76.8 Å². The second-order valence-electron chi connectivity index (χ2n) is 18.3. The molecule has 2 saturated heterocycles. The number of carbonyl (C=O) groups excluding carboxylic acids is 4. The van der Waals surface area contributed by atoms with Gasteiger partial charge in [-0.1, -0.05) is 55.3 Å². The predicted molar refractivity (Wildman–Crippen MR) is 231 cm³/mol. The molecule has 1 aromatic heterocycles. The van der Waals surface area contributed by atoms with Crippen LogP contribution < -0.4 is 25.2 Å². The molecule has 3 aromatic rings. The first-order valence-corrected chi connectivity index (χ1v) is 23.3. The summed E-state index contributed by atoms with van der Waals surface area (Å²) in [5.74, 6) is -1.61. The van der Waals surface area contributed by atoms with E-state index < -0.39 is 62.1 Å². The van der Waals surface area contributed by atoms with Gasteiger partial charge in [-0.15, -0.1) is 0 Å². The number of carbonyl (C=O) groups is 4. The molecular weight excluding hydrogens is 797 g/mol. The van der Waals surface area contributed by atoms with Gasteiger partial charge in [0.25, 0.3) is 5.91 Å². The van der Waals surface area contributed by atoms with Gasteiger partial charge in [0.2, 0.25) is 27.7 Å². The van der Waals surface area contributed by atoms with Gasteiger partial charge in [0.1, 0.15) is 29.2 Å². The maximum Gasteiger partial charge on any atom is 0.259 e. The van der Waals surface area contributed by atoms with Crippen LogP contribution in [0.4, 0.5) is 0 Å². The number of benzene rings is 2. The Morgan fingerprint density at radius 1 is 1.02 bits per heavy atom. The largest absolute Gasteiger partial charge is 0.497 e. The molecule has 326 valence electrons. The minimum atomic E-state index is -3.90. The number of fused-ring (bicyclic) bond motifs is 3. The summed E-state index contributed by atoms with van der Waals surface area (Å²) in [4.78, 5) is 65.8. The number of pyridine rings is 1. The van der Waals surface area contributed by atoms with E-state index in [9.17, 15) is 27.6 Å². The maximum atomic E-state index is 15.0. The van der Waals surface area contributed by atoms with Crippen molar-refractivity contribution in [3.8, 4) is 22.8 Å². The topological polar surface area (TPSA) is 190 Å². The number of hydrogen-bond acceptors (Lipinski definition) is 10. The number of nitrogens with one attached hydrogen (secondary N) is 2. The van der Waals surface area contributed by atoms with Crippen LogP contribution in [0.5, 0.6) is 11.5 Å². The lowest BCUT2D eigenvalue weighted by atomic mass is 9.88. The monoisotopic (exact) mass is 854 g/mol. The first kappa shape index (κ1) is 42.7. The maximum absolute atomic E-state index is 15.0. The molecule has 15 heteroatoms. The number of sulfonamides is 1. The molecule has 4 heterocycles. The molecule has 5 aliphatic rings. The van der Waals surface area contributed by atoms with Gasteiger partial charge in [0.05, 0.1) is 30.1 Å². The number of amides is 4. The van der Waals surface area contributed by atoms with Crippen LogP contribution in [0, 0.1) is 17.8 Å². The Morgan fingerprint density at radius 3 is 2.52 bits per heavy atom. The standard InChI is InChI=1S/C46H58N6O8S/c1-45(2,47)32-20-21-51(27-32)41(53)22-30-14-8-5-4-6-11-15-31-26-46(31,44(56)50-61(57,58)35-17-18-35)49-42(54)39-24-34(28-52(39)43(30)55)60-40-25-37(29-12-9-7-10-13-29)48-38-23-33(59-3)16-19-36(38)40/h7,9-13,15-16,19,23,25,30-32,34-35,39H,4-6,8,14,17-18,20-22,24,26-28,47H2,1-3H3,(H,49,54)(H,50,56)/t30-,31-,32-,34-,39+,46-/m1/s1. The summed E-state index contributed by atoms with van der Waals surface area (Å²) >= 11 is 0. The van der Waals surface area contributed by atoms with Gasteiger partial charge in [0.15, 0.2) is 0 Å². The molecule has 8 rings (SSSR count). The highest BCUT2D eigenvalue weighted by Gasteiger charge is 2.62. The summed E-state index contributed by atoms with van der Waals surface area (Å²) < 4.78 is 40.5. The average molecular weight is 855 g/mol. The fourth-order valence-electron chi connectivity index (χ4n) is 9.25. The Morgan fingerprint density at radius 2 is 1.80 bits per heavy atom. The van der Waals surface area contributed by atoms with Crippen molar-refractivity contribution in [2.24, 2.45) is 23.5 Å². The molecule has 2 saturated carbocycles. The number of rotatable bonds is 10. The number of hydrogen-bond donors (Lipinski definition) is 3. The van der Waals surface area contributed by atoms with Gasteiger partial charge in [-0.25, -0.2) is 13.4 Å². The van der Waals surface area contributed by atoms with Crippen LogP contribution in [0.3, 0.4) is 0 Å². The summed E-state index contributed by atoms with van der Waals surface area (Å²) in [6.45, 7) is 5.09. The zero-order valence-corrected chi connectivity index (χ0v) is 36.1. The summed E-state index contributed by atoms with van der Waals surface area (Å²) in [5, 5.41) is 3.05. The first-order chi connectivity index (χ1) is 29.1. The van der Waals surface area contributed by atoms with Gasteiger partial charge >= 0.3 is 0 Å². The van der Waals surface area contributed by atoms with Crippen molar-refractivity contribution in [1.29, 1.82) is 0 Å². The number of aromatic nitrogens is 1. The van der Waals surface area contributed by atoms with Crippen molar-refractivity contribution in [3.63, 3.8) is 0 Å². The number of nitrogens with two attached hydrogens (primary N) is 1. The minimum Gasteiger partial charge on any atom is -0.497 e. The summed E-state index contributed by atoms with van der Waals surface area (Å²) in [5.41, 5.74) is 6.67. The molecule has 6 atom stereocenters. The molecule has 0 spiro atoms. The molecule has 0 unspecified atom stereocenters. The Balaban J connectivity index is 1.12. The molecule has 4 fully saturated rings. The smallest absolute Gasteiger partial charge is 0.259 e. The Bertz CT molecular complexity index is 2310. The van der Waals surface area contributed by atoms with E-state index in [1.165, 1.54) is 4.90 Å². The molecule has 2 aliphatic carbocycles. The summed E-state index contributed by atoms with van der Waals surface area (Å²) in [6, 6.07) is 16.0. The van der Waals surface area contributed by atoms with Gasteiger partial charge in [0, 0.05) is 66.4 Å². The zero-order chi connectivity index (χ0) is 43.1. The van der Waals surface area contributed by atoms with Crippen molar-refractivity contribution >= 4 is 44.6 Å². The van der Waals surface area contributed by atoms with Crippen LogP contribution in [0.15, 0.2) is 66.7 Å². The Hall–Kier alpha value is -5.02. The molecule has 61 heavy (non-hydrogen) atoms. The third kappa shape index (κ3) is 9.28. The second-order valence-corrected chi connectivity index (χ2v) is 20.3. The van der Waals surface area contributed by atoms with E-state index >= 15 is 0 Å². The minimum absolute atomic E-state index is 0.00246. The Kier molecular flexibility index (Phi) is 11.9. The molecule has 2 aromatic carbocycles. The van der Waals surface area contributed by atoms with Gasteiger partial charge in [-0.2, -0.15) is 0 Å². The highest BCUT2D eigenvalue weighted by Crippen LogP contribution is 2.46. The van der Waals surface area contributed by atoms with Crippen molar-refractivity contribution in [1.82, 2.24) is 24.8 Å². The molecule has 0 radical (unpaired) electrons. The first-order valence-electron chi connectivity index (χ1n) is 21.8. The van der Waals surface area contributed by atoms with Crippen molar-refractivity contribution in [2.45, 2.75) is 113 Å². The molecule has 4 N–H and O–H groups in total. The number of ether oxygens (including phenoxy) is 2. The lowest BCUT2D eigenvalue weighted by Gasteiger charge is -2.30. The highest BCUT2D eigenvalue weighted by atomic mass is 32.2. The number of nitrogens with zero attached hydrogens (tertiary/aromatic N) is 3. The van der Waals surface area contributed by atoms with Crippen molar-refractivity contribution in [2.75, 3.05) is 26.7 Å². The van der Waals surface area contributed by atoms with E-state index in [2.05, 4.69) is 10.0 Å². The number of allylic oxidation sites excluding steroid dienone is 1. The van der Waals surface area contributed by atoms with Crippen LogP contribution in [0.25, 0.3) is 22.2 Å². The van der Waals surface area contributed by atoms with Crippen LogP contribution in [0.2, 0.25) is 0 Å². The second kappa shape index (κ2) is 17.0. The van der Waals surface area contributed by atoms with Crippen LogP contribution in [-0.2, 0) is 29.2 Å². The summed E-state index contributed by atoms with van der Waals surface area (Å²) in [6.07, 6.45) is 8.84. The fraction of sp³-hybridized carbons (Fsp3) is 0.543. The van der Waals surface area contributed by atoms with Crippen LogP contribution in [-0.4, -0.2) is 102 Å². The highest BCUT2D eigenvalue weighted by molar-refractivity contribution is 7.91. The van der Waals surface area contributed by atoms with Gasteiger partial charge < -0.3 is 30.3 Å². The van der Waals surface area contributed by atoms with E-state index in [0.29, 0.717) is 66.9 Å². The van der Waals surface area contributed by atoms with Crippen molar-refractivity contribution < 1.29 is 37.1 Å². The molecule has 3 aliphatic heterocycles. The summed E-state index contributed by atoms with van der Waals surface area (Å²) in [7, 11) is -2.31. The van der Waals surface area contributed by atoms with E-state index in [0.717, 1.165) is 31.2 Å². The lowest BCUT2D eigenvalue weighted by molar-refractivity contribution is -0.145. The quantitative estimate of drug-likeness (QED) is 0.238. The third-order valence-corrected chi connectivity index (χ3v) is 15.1. The normalized spacial score (nSPS) is 27.4. The number of methoxy groups -OCH3 is 1. The van der Waals surface area contributed by atoms with E-state index in [-0.39, 0.29) is 43.5 Å². The van der Waals surface area contributed by atoms with Crippen LogP contribution >= 0.6 is 0 Å². The van der Waals surface area contributed by atoms with E-state index in [1.54, 1.807) is 7.11 Å². The Labute approximate surface area is 358 Å².